The van der Waals surface area contributed by atoms with Gasteiger partial charge in [0.05, 0.1) is 34.0 Å². The topological polar surface area (TPSA) is 94.6 Å². The predicted octanol–water partition coefficient (Wildman–Crippen LogP) is 6.07. The number of aliphatic hydroxyl groups is 1. The fourth-order valence-electron chi connectivity index (χ4n) is 4.25. The van der Waals surface area contributed by atoms with Crippen molar-refractivity contribution in [2.45, 2.75) is 44.6 Å². The number of anilines is 1. The van der Waals surface area contributed by atoms with Crippen molar-refractivity contribution >= 4 is 33.9 Å². The number of carbonyl (C=O) groups excluding carboxylic acids is 1. The highest BCUT2D eigenvalue weighted by Crippen LogP contribution is 2.39. The molecule has 4 rings (SSSR count). The predicted molar refractivity (Wildman–Crippen MR) is 125 cm³/mol. The SMILES string of the molecule is CC[C@@H](O)C1CCC1=Nc1ccc(NC(=O)c2c[nH]c3cccc(C(F)(F)F)c3c2=O)c(C(F)(F)F)c1. The Morgan fingerprint density at radius 3 is 2.43 bits per heavy atom. The van der Waals surface area contributed by atoms with Crippen LogP contribution in [0.2, 0.25) is 0 Å². The number of H-pyrrole nitrogens is 1. The molecule has 2 aromatic carbocycles. The first-order chi connectivity index (χ1) is 17.3. The van der Waals surface area contributed by atoms with Crippen molar-refractivity contribution < 1.29 is 36.2 Å². The number of halogens is 6. The molecular formula is C25H21F6N3O3. The van der Waals surface area contributed by atoms with E-state index in [1.54, 1.807) is 6.92 Å². The van der Waals surface area contributed by atoms with Crippen LogP contribution in [0.4, 0.5) is 37.7 Å². The third-order valence-electron chi connectivity index (χ3n) is 6.31. The third kappa shape index (κ3) is 5.24. The molecule has 1 unspecified atom stereocenters. The molecular weight excluding hydrogens is 504 g/mol. The summed E-state index contributed by atoms with van der Waals surface area (Å²) in [4.78, 5) is 32.2. The number of hydrogen-bond donors (Lipinski definition) is 3. The first-order valence-electron chi connectivity index (χ1n) is 11.3. The molecule has 0 saturated heterocycles. The fourth-order valence-corrected chi connectivity index (χ4v) is 4.25. The number of aliphatic imine (C=N–C) groups is 1. The molecule has 1 fully saturated rings. The van der Waals surface area contributed by atoms with E-state index in [9.17, 15) is 41.0 Å². The van der Waals surface area contributed by atoms with Gasteiger partial charge in [-0.3, -0.25) is 14.6 Å². The van der Waals surface area contributed by atoms with E-state index in [1.807, 2.05) is 5.32 Å². The molecule has 196 valence electrons. The van der Waals surface area contributed by atoms with Crippen LogP contribution in [0.1, 0.15) is 47.7 Å². The van der Waals surface area contributed by atoms with E-state index in [0.29, 0.717) is 31.0 Å². The van der Waals surface area contributed by atoms with Gasteiger partial charge in [0.25, 0.3) is 5.91 Å². The summed E-state index contributed by atoms with van der Waals surface area (Å²) in [6, 6.07) is 5.88. The Hall–Kier alpha value is -3.67. The van der Waals surface area contributed by atoms with Crippen LogP contribution in [-0.2, 0) is 12.4 Å². The third-order valence-corrected chi connectivity index (χ3v) is 6.31. The van der Waals surface area contributed by atoms with Crippen LogP contribution in [0, 0.1) is 5.92 Å². The summed E-state index contributed by atoms with van der Waals surface area (Å²) in [7, 11) is 0. The van der Waals surface area contributed by atoms with E-state index < -0.39 is 57.6 Å². The molecule has 0 radical (unpaired) electrons. The quantitative estimate of drug-likeness (QED) is 0.353. The highest BCUT2D eigenvalue weighted by molar-refractivity contribution is 6.06. The largest absolute Gasteiger partial charge is 0.418 e. The fraction of sp³-hybridized carbons (Fsp3) is 0.320. The van der Waals surface area contributed by atoms with Gasteiger partial charge in [-0.05, 0) is 49.6 Å². The number of aromatic amines is 1. The number of amides is 1. The number of carbonyl (C=O) groups is 1. The minimum atomic E-state index is -4.92. The van der Waals surface area contributed by atoms with Gasteiger partial charge < -0.3 is 15.4 Å². The van der Waals surface area contributed by atoms with Gasteiger partial charge in [-0.25, -0.2) is 0 Å². The van der Waals surface area contributed by atoms with Gasteiger partial charge in [0.2, 0.25) is 5.43 Å². The first-order valence-corrected chi connectivity index (χ1v) is 11.3. The number of aromatic nitrogens is 1. The van der Waals surface area contributed by atoms with Crippen LogP contribution in [0.3, 0.4) is 0 Å². The molecule has 1 amide bonds. The lowest BCUT2D eigenvalue weighted by Crippen LogP contribution is -2.36. The van der Waals surface area contributed by atoms with Gasteiger partial charge in [-0.2, -0.15) is 26.3 Å². The summed E-state index contributed by atoms with van der Waals surface area (Å²) in [6.45, 7) is 1.78. The van der Waals surface area contributed by atoms with Gasteiger partial charge in [0, 0.05) is 23.3 Å². The van der Waals surface area contributed by atoms with Crippen molar-refractivity contribution in [3.05, 3.63) is 69.5 Å². The summed E-state index contributed by atoms with van der Waals surface area (Å²) in [5, 5.41) is 11.2. The number of rotatable bonds is 5. The maximum atomic E-state index is 13.8. The van der Waals surface area contributed by atoms with Gasteiger partial charge in [0.15, 0.2) is 0 Å². The number of fused-ring (bicyclic) bond motifs is 1. The molecule has 1 aromatic heterocycles. The molecule has 0 bridgehead atoms. The number of nitrogens with zero attached hydrogens (tertiary/aromatic N) is 1. The Morgan fingerprint density at radius 1 is 1.14 bits per heavy atom. The standard InChI is InChI=1S/C25H21F6N3O3/c1-2-20(35)13-7-9-17(13)33-12-6-8-18(16(10-12)25(29,30)31)34-23(37)14-11-32-19-5-3-4-15(24(26,27)28)21(19)22(14)36/h3-6,8,10-11,13,20,35H,2,7,9H2,1H3,(H,32,36)(H,34,37)/t13?,20-/m1/s1. The second-order valence-electron chi connectivity index (χ2n) is 8.66. The Labute approximate surface area is 206 Å². The van der Waals surface area contributed by atoms with Crippen molar-refractivity contribution in [2.75, 3.05) is 5.32 Å². The van der Waals surface area contributed by atoms with Crippen molar-refractivity contribution in [1.82, 2.24) is 4.98 Å². The zero-order valence-electron chi connectivity index (χ0n) is 19.3. The molecule has 1 aliphatic rings. The molecule has 1 aliphatic carbocycles. The van der Waals surface area contributed by atoms with E-state index in [0.717, 1.165) is 24.4 Å². The average Bonchev–Trinajstić information content (AvgIpc) is 2.81. The zero-order valence-corrected chi connectivity index (χ0v) is 19.3. The van der Waals surface area contributed by atoms with Crippen LogP contribution in [0.25, 0.3) is 10.9 Å². The summed E-state index contributed by atoms with van der Waals surface area (Å²) in [6.07, 6.45) is -7.93. The van der Waals surface area contributed by atoms with Crippen LogP contribution >= 0.6 is 0 Å². The van der Waals surface area contributed by atoms with E-state index in [-0.39, 0.29) is 17.1 Å². The molecule has 37 heavy (non-hydrogen) atoms. The van der Waals surface area contributed by atoms with Gasteiger partial charge in [-0.15, -0.1) is 0 Å². The molecule has 6 nitrogen and oxygen atoms in total. The van der Waals surface area contributed by atoms with Crippen LogP contribution < -0.4 is 10.7 Å². The minimum Gasteiger partial charge on any atom is -0.392 e. The Kier molecular flexibility index (Phi) is 6.89. The second kappa shape index (κ2) is 9.66. The number of pyridine rings is 1. The maximum Gasteiger partial charge on any atom is 0.418 e. The first kappa shape index (κ1) is 26.4. The lowest BCUT2D eigenvalue weighted by Gasteiger charge is -2.32. The molecule has 2 atom stereocenters. The van der Waals surface area contributed by atoms with Crippen LogP contribution in [-0.4, -0.2) is 27.8 Å². The summed E-state index contributed by atoms with van der Waals surface area (Å²) in [5.74, 6) is -1.55. The van der Waals surface area contributed by atoms with Gasteiger partial charge in [-0.1, -0.05) is 13.0 Å². The molecule has 0 spiro atoms. The van der Waals surface area contributed by atoms with E-state index in [2.05, 4.69) is 9.98 Å². The van der Waals surface area contributed by atoms with E-state index in [4.69, 9.17) is 0 Å². The second-order valence-corrected chi connectivity index (χ2v) is 8.66. The minimum absolute atomic E-state index is 0.0355. The number of aliphatic hydroxyl groups excluding tert-OH is 1. The summed E-state index contributed by atoms with van der Waals surface area (Å²) >= 11 is 0. The Balaban J connectivity index is 1.70. The highest BCUT2D eigenvalue weighted by atomic mass is 19.4. The Morgan fingerprint density at radius 2 is 1.84 bits per heavy atom. The van der Waals surface area contributed by atoms with Gasteiger partial charge >= 0.3 is 12.4 Å². The van der Waals surface area contributed by atoms with E-state index >= 15 is 0 Å². The number of benzene rings is 2. The van der Waals surface area contributed by atoms with Gasteiger partial charge in [0.1, 0.15) is 5.56 Å². The molecule has 0 aliphatic heterocycles. The van der Waals surface area contributed by atoms with Crippen molar-refractivity contribution in [1.29, 1.82) is 0 Å². The number of alkyl halides is 6. The smallest absolute Gasteiger partial charge is 0.392 e. The molecule has 12 heteroatoms. The lowest BCUT2D eigenvalue weighted by atomic mass is 9.78. The van der Waals surface area contributed by atoms with Crippen molar-refractivity contribution in [3.8, 4) is 0 Å². The average molecular weight is 525 g/mol. The van der Waals surface area contributed by atoms with Crippen LogP contribution in [0.15, 0.2) is 52.4 Å². The lowest BCUT2D eigenvalue weighted by molar-refractivity contribution is -0.137. The monoisotopic (exact) mass is 525 g/mol. The molecule has 1 heterocycles. The van der Waals surface area contributed by atoms with Crippen LogP contribution in [0.5, 0.6) is 0 Å². The Bertz CT molecular complexity index is 1440. The van der Waals surface area contributed by atoms with E-state index in [1.165, 1.54) is 12.1 Å². The summed E-state index contributed by atoms with van der Waals surface area (Å²) < 4.78 is 81.7. The van der Waals surface area contributed by atoms with Crippen molar-refractivity contribution in [3.63, 3.8) is 0 Å². The number of hydrogen-bond acceptors (Lipinski definition) is 4. The van der Waals surface area contributed by atoms with Crippen molar-refractivity contribution in [2.24, 2.45) is 10.9 Å². The molecule has 3 N–H and O–H groups in total. The highest BCUT2D eigenvalue weighted by Gasteiger charge is 2.37. The normalized spacial score (nSPS) is 18.1. The zero-order chi connectivity index (χ0) is 27.1. The number of nitrogens with one attached hydrogen (secondary N) is 2. The maximum absolute atomic E-state index is 13.8. The molecule has 1 saturated carbocycles. The molecule has 3 aromatic rings. The summed E-state index contributed by atoms with van der Waals surface area (Å²) in [5.41, 5.74) is -4.92.